The first-order valence-electron chi connectivity index (χ1n) is 8.15. The summed E-state index contributed by atoms with van der Waals surface area (Å²) >= 11 is 0. The summed E-state index contributed by atoms with van der Waals surface area (Å²) in [5, 5.41) is 9.52. The number of H-pyrrole nitrogens is 1. The molecule has 0 amide bonds. The quantitative estimate of drug-likeness (QED) is 0.749. The second-order valence-electron chi connectivity index (χ2n) is 5.71. The first-order valence-corrected chi connectivity index (χ1v) is 8.15. The maximum Gasteiger partial charge on any atom is 0.266 e. The molecule has 1 aromatic heterocycles. The zero-order valence-corrected chi connectivity index (χ0v) is 15.2. The Bertz CT molecular complexity index is 1060. The van der Waals surface area contributed by atoms with Crippen LogP contribution < -0.4 is 19.8 Å². The number of nitrogens with zero attached hydrogens (tertiary/aromatic N) is 1. The van der Waals surface area contributed by atoms with Crippen molar-refractivity contribution < 1.29 is 14.2 Å². The Morgan fingerprint density at radius 2 is 1.52 bits per heavy atom. The minimum atomic E-state index is -0.467. The second-order valence-corrected chi connectivity index (χ2v) is 5.71. The number of nitrogens with one attached hydrogen (secondary N) is 1. The van der Waals surface area contributed by atoms with Gasteiger partial charge in [0.25, 0.3) is 5.56 Å². The molecule has 1 heterocycles. The highest BCUT2D eigenvalue weighted by Gasteiger charge is 2.17. The number of hydrogen-bond acceptors (Lipinski definition) is 5. The Morgan fingerprint density at radius 1 is 0.852 bits per heavy atom. The van der Waals surface area contributed by atoms with E-state index >= 15 is 0 Å². The molecule has 0 unspecified atom stereocenters. The highest BCUT2D eigenvalue weighted by Crippen LogP contribution is 2.36. The molecule has 6 heteroatoms. The van der Waals surface area contributed by atoms with Gasteiger partial charge in [-0.1, -0.05) is 0 Å². The maximum absolute atomic E-state index is 12.5. The Labute approximate surface area is 156 Å². The first kappa shape index (κ1) is 18.1. The van der Waals surface area contributed by atoms with Crippen molar-refractivity contribution in [2.45, 2.75) is 0 Å². The van der Waals surface area contributed by atoms with Crippen molar-refractivity contribution in [3.05, 3.63) is 64.4 Å². The molecular weight excluding hydrogens is 344 g/mol. The predicted octanol–water partition coefficient (Wildman–Crippen LogP) is 3.61. The molecule has 27 heavy (non-hydrogen) atoms. The molecule has 0 atom stereocenters. The third-order valence-corrected chi connectivity index (χ3v) is 4.24. The Hall–Kier alpha value is -3.72. The molecule has 3 rings (SSSR count). The van der Waals surface area contributed by atoms with Crippen LogP contribution in [0.1, 0.15) is 5.56 Å². The highest BCUT2D eigenvalue weighted by atomic mass is 16.5. The van der Waals surface area contributed by atoms with Crippen LogP contribution >= 0.6 is 0 Å². The lowest BCUT2D eigenvalue weighted by Gasteiger charge is -2.13. The zero-order valence-electron chi connectivity index (χ0n) is 15.2. The normalized spacial score (nSPS) is 10.1. The van der Waals surface area contributed by atoms with Gasteiger partial charge in [-0.2, -0.15) is 5.26 Å². The molecule has 0 aliphatic heterocycles. The van der Waals surface area contributed by atoms with Gasteiger partial charge in [0, 0.05) is 16.8 Å². The standard InChI is InChI=1S/C21H18N2O4/c1-25-14-6-4-13(5-7-14)19-11-16(18(12-22)21(24)23-19)17-10-15(26-2)8-9-20(17)27-3/h4-11H,1-3H3,(H,23,24). The molecule has 0 fully saturated rings. The van der Waals surface area contributed by atoms with Crippen LogP contribution in [0.15, 0.2) is 53.3 Å². The van der Waals surface area contributed by atoms with Crippen molar-refractivity contribution in [2.75, 3.05) is 21.3 Å². The van der Waals surface area contributed by atoms with E-state index in [2.05, 4.69) is 4.98 Å². The van der Waals surface area contributed by atoms with Crippen molar-refractivity contribution in [3.8, 4) is 45.7 Å². The number of ether oxygens (including phenoxy) is 3. The van der Waals surface area contributed by atoms with E-state index in [9.17, 15) is 10.1 Å². The number of benzene rings is 2. The smallest absolute Gasteiger partial charge is 0.266 e. The molecule has 0 aliphatic carbocycles. The summed E-state index contributed by atoms with van der Waals surface area (Å²) in [4.78, 5) is 15.3. The summed E-state index contributed by atoms with van der Waals surface area (Å²) in [6.45, 7) is 0. The molecule has 0 radical (unpaired) electrons. The van der Waals surface area contributed by atoms with E-state index in [0.717, 1.165) is 5.56 Å². The van der Waals surface area contributed by atoms with E-state index in [1.54, 1.807) is 50.6 Å². The van der Waals surface area contributed by atoms with Gasteiger partial charge in [0.05, 0.1) is 21.3 Å². The largest absolute Gasteiger partial charge is 0.497 e. The van der Waals surface area contributed by atoms with E-state index in [1.807, 2.05) is 18.2 Å². The molecule has 3 aromatic rings. The fraction of sp³-hybridized carbons (Fsp3) is 0.143. The van der Waals surface area contributed by atoms with Gasteiger partial charge in [0.2, 0.25) is 0 Å². The molecule has 0 bridgehead atoms. The van der Waals surface area contributed by atoms with Gasteiger partial charge in [-0.3, -0.25) is 4.79 Å². The minimum absolute atomic E-state index is 0.0128. The minimum Gasteiger partial charge on any atom is -0.497 e. The number of nitriles is 1. The first-order chi connectivity index (χ1) is 13.1. The van der Waals surface area contributed by atoms with E-state index in [-0.39, 0.29) is 5.56 Å². The average molecular weight is 362 g/mol. The van der Waals surface area contributed by atoms with Crippen LogP contribution in [0.25, 0.3) is 22.4 Å². The van der Waals surface area contributed by atoms with Crippen LogP contribution in [-0.2, 0) is 0 Å². The fourth-order valence-electron chi connectivity index (χ4n) is 2.83. The fourth-order valence-corrected chi connectivity index (χ4v) is 2.83. The molecule has 1 N–H and O–H groups in total. The third-order valence-electron chi connectivity index (χ3n) is 4.24. The van der Waals surface area contributed by atoms with Crippen LogP contribution in [0, 0.1) is 11.3 Å². The highest BCUT2D eigenvalue weighted by molar-refractivity contribution is 5.80. The molecular formula is C21H18N2O4. The van der Waals surface area contributed by atoms with Crippen molar-refractivity contribution in [2.24, 2.45) is 0 Å². The molecule has 0 saturated carbocycles. The maximum atomic E-state index is 12.5. The molecule has 2 aromatic carbocycles. The van der Waals surface area contributed by atoms with E-state index in [1.165, 1.54) is 7.11 Å². The summed E-state index contributed by atoms with van der Waals surface area (Å²) in [5.74, 6) is 1.85. The van der Waals surface area contributed by atoms with Gasteiger partial charge in [-0.05, 0) is 54.1 Å². The summed E-state index contributed by atoms with van der Waals surface area (Å²) in [7, 11) is 4.68. The lowest BCUT2D eigenvalue weighted by Crippen LogP contribution is -2.13. The summed E-state index contributed by atoms with van der Waals surface area (Å²) in [6, 6.07) is 16.3. The van der Waals surface area contributed by atoms with E-state index in [0.29, 0.717) is 34.1 Å². The Balaban J connectivity index is 2.25. The number of aromatic amines is 1. The number of pyridine rings is 1. The molecule has 136 valence electrons. The molecule has 0 spiro atoms. The lowest BCUT2D eigenvalue weighted by molar-refractivity contribution is 0.404. The zero-order chi connectivity index (χ0) is 19.4. The van der Waals surface area contributed by atoms with E-state index in [4.69, 9.17) is 14.2 Å². The molecule has 0 saturated heterocycles. The Morgan fingerprint density at radius 3 is 2.11 bits per heavy atom. The predicted molar refractivity (Wildman–Crippen MR) is 102 cm³/mol. The van der Waals surface area contributed by atoms with Gasteiger partial charge in [-0.15, -0.1) is 0 Å². The van der Waals surface area contributed by atoms with Crippen molar-refractivity contribution in [1.29, 1.82) is 5.26 Å². The van der Waals surface area contributed by atoms with Crippen LogP contribution in [-0.4, -0.2) is 26.3 Å². The average Bonchev–Trinajstić information content (AvgIpc) is 2.72. The topological polar surface area (TPSA) is 84.3 Å². The monoisotopic (exact) mass is 362 g/mol. The third kappa shape index (κ3) is 3.48. The lowest BCUT2D eigenvalue weighted by atomic mass is 9.98. The van der Waals surface area contributed by atoms with Crippen LogP contribution in [0.4, 0.5) is 0 Å². The summed E-state index contributed by atoms with van der Waals surface area (Å²) in [5.41, 5.74) is 2.00. The van der Waals surface area contributed by atoms with Gasteiger partial charge >= 0.3 is 0 Å². The van der Waals surface area contributed by atoms with Crippen molar-refractivity contribution in [1.82, 2.24) is 4.98 Å². The van der Waals surface area contributed by atoms with Gasteiger partial charge in [0.1, 0.15) is 28.9 Å². The van der Waals surface area contributed by atoms with Crippen LogP contribution in [0.3, 0.4) is 0 Å². The summed E-state index contributed by atoms with van der Waals surface area (Å²) < 4.78 is 15.9. The van der Waals surface area contributed by atoms with Crippen LogP contribution in [0.5, 0.6) is 17.2 Å². The molecule has 0 aliphatic rings. The SMILES string of the molecule is COc1ccc(-c2cc(-c3cc(OC)ccc3OC)c(C#N)c(=O)[nH]2)cc1. The number of aromatic nitrogens is 1. The Kier molecular flexibility index (Phi) is 5.13. The van der Waals surface area contributed by atoms with Gasteiger partial charge in [0.15, 0.2) is 0 Å². The van der Waals surface area contributed by atoms with E-state index < -0.39 is 5.56 Å². The van der Waals surface area contributed by atoms with Gasteiger partial charge in [-0.25, -0.2) is 0 Å². The van der Waals surface area contributed by atoms with Crippen molar-refractivity contribution >= 4 is 0 Å². The van der Waals surface area contributed by atoms with Gasteiger partial charge < -0.3 is 19.2 Å². The van der Waals surface area contributed by atoms with Crippen LogP contribution in [0.2, 0.25) is 0 Å². The number of rotatable bonds is 5. The van der Waals surface area contributed by atoms with Crippen molar-refractivity contribution in [3.63, 3.8) is 0 Å². The molecule has 6 nitrogen and oxygen atoms in total. The second kappa shape index (κ2) is 7.67. The number of hydrogen-bond donors (Lipinski definition) is 1. The summed E-state index contributed by atoms with van der Waals surface area (Å²) in [6.07, 6.45) is 0. The number of methoxy groups -OCH3 is 3.